The van der Waals surface area contributed by atoms with Crippen molar-refractivity contribution >= 4 is 29.1 Å². The van der Waals surface area contributed by atoms with E-state index >= 15 is 0 Å². The van der Waals surface area contributed by atoms with Crippen molar-refractivity contribution in [2.45, 2.75) is 13.0 Å². The zero-order valence-electron chi connectivity index (χ0n) is 10.1. The quantitative estimate of drug-likeness (QED) is 0.877. The zero-order valence-corrected chi connectivity index (χ0v) is 10.8. The third kappa shape index (κ3) is 2.26. The average molecular weight is 269 g/mol. The lowest BCUT2D eigenvalue weighted by molar-refractivity contribution is -0.130. The van der Waals surface area contributed by atoms with Gasteiger partial charge in [-0.2, -0.15) is 0 Å². The molecule has 96 valence electrons. The molecule has 2 amide bonds. The van der Waals surface area contributed by atoms with Gasteiger partial charge in [0.2, 0.25) is 11.8 Å². The van der Waals surface area contributed by atoms with E-state index < -0.39 is 6.04 Å². The Morgan fingerprint density at radius 2 is 2.17 bits per heavy atom. The smallest absolute Gasteiger partial charge is 0.249 e. The summed E-state index contributed by atoms with van der Waals surface area (Å²) in [5, 5.41) is 3.06. The SMILES string of the molecule is COc1ccc(Cl)cc1N1CC(=O)NC(C)C1=O. The van der Waals surface area contributed by atoms with Crippen molar-refractivity contribution in [3.05, 3.63) is 23.2 Å². The summed E-state index contributed by atoms with van der Waals surface area (Å²) in [5.74, 6) is 0.119. The highest BCUT2D eigenvalue weighted by Gasteiger charge is 2.32. The predicted molar refractivity (Wildman–Crippen MR) is 68.0 cm³/mol. The molecule has 1 aromatic carbocycles. The van der Waals surface area contributed by atoms with E-state index in [1.165, 1.54) is 12.0 Å². The minimum Gasteiger partial charge on any atom is -0.495 e. The largest absolute Gasteiger partial charge is 0.495 e. The summed E-state index contributed by atoms with van der Waals surface area (Å²) in [6.45, 7) is 1.61. The Morgan fingerprint density at radius 3 is 2.83 bits per heavy atom. The number of methoxy groups -OCH3 is 1. The van der Waals surface area contributed by atoms with Crippen molar-refractivity contribution in [1.82, 2.24) is 5.32 Å². The molecule has 0 saturated carbocycles. The maximum absolute atomic E-state index is 12.1. The fraction of sp³-hybridized carbons (Fsp3) is 0.333. The van der Waals surface area contributed by atoms with Crippen LogP contribution >= 0.6 is 11.6 Å². The van der Waals surface area contributed by atoms with Gasteiger partial charge in [0.25, 0.3) is 0 Å². The maximum Gasteiger partial charge on any atom is 0.249 e. The number of hydrogen-bond donors (Lipinski definition) is 1. The number of halogens is 1. The van der Waals surface area contributed by atoms with Crippen LogP contribution in [0.5, 0.6) is 5.75 Å². The van der Waals surface area contributed by atoms with Gasteiger partial charge in [-0.1, -0.05) is 11.6 Å². The third-order valence-electron chi connectivity index (χ3n) is 2.75. The molecule has 6 heteroatoms. The number of anilines is 1. The van der Waals surface area contributed by atoms with Crippen LogP contribution in [0.25, 0.3) is 0 Å². The molecule has 5 nitrogen and oxygen atoms in total. The molecule has 0 radical (unpaired) electrons. The van der Waals surface area contributed by atoms with Crippen LogP contribution in [0.1, 0.15) is 6.92 Å². The number of benzene rings is 1. The monoisotopic (exact) mass is 268 g/mol. The van der Waals surface area contributed by atoms with Crippen molar-refractivity contribution in [2.24, 2.45) is 0 Å². The Hall–Kier alpha value is -1.75. The molecule has 18 heavy (non-hydrogen) atoms. The number of piperazine rings is 1. The van der Waals surface area contributed by atoms with Gasteiger partial charge in [-0.25, -0.2) is 0 Å². The van der Waals surface area contributed by atoms with Crippen LogP contribution < -0.4 is 15.0 Å². The van der Waals surface area contributed by atoms with Gasteiger partial charge in [0.05, 0.1) is 12.8 Å². The van der Waals surface area contributed by atoms with Gasteiger partial charge in [0.15, 0.2) is 0 Å². The van der Waals surface area contributed by atoms with Crippen LogP contribution in [0.15, 0.2) is 18.2 Å². The van der Waals surface area contributed by atoms with Gasteiger partial charge in [0.1, 0.15) is 18.3 Å². The standard InChI is InChI=1S/C12H13ClN2O3/c1-7-12(17)15(6-11(16)14-7)9-5-8(13)3-4-10(9)18-2/h3-5,7H,6H2,1-2H3,(H,14,16). The lowest BCUT2D eigenvalue weighted by Gasteiger charge is -2.31. The van der Waals surface area contributed by atoms with Crippen LogP contribution in [0.3, 0.4) is 0 Å². The summed E-state index contributed by atoms with van der Waals surface area (Å²) >= 11 is 5.92. The van der Waals surface area contributed by atoms with E-state index in [1.54, 1.807) is 25.1 Å². The molecule has 0 spiro atoms. The van der Waals surface area contributed by atoms with Crippen LogP contribution in [-0.4, -0.2) is 31.5 Å². The van der Waals surface area contributed by atoms with E-state index in [0.717, 1.165) is 0 Å². The second kappa shape index (κ2) is 4.86. The van der Waals surface area contributed by atoms with Crippen LogP contribution in [-0.2, 0) is 9.59 Å². The number of amides is 2. The molecule has 1 heterocycles. The molecule has 0 aromatic heterocycles. The predicted octanol–water partition coefficient (Wildman–Crippen LogP) is 1.20. The molecule has 1 aromatic rings. The van der Waals surface area contributed by atoms with Crippen LogP contribution in [0, 0.1) is 0 Å². The number of carbonyl (C=O) groups excluding carboxylic acids is 2. The van der Waals surface area contributed by atoms with Gasteiger partial charge in [-0.05, 0) is 25.1 Å². The topological polar surface area (TPSA) is 58.6 Å². The second-order valence-electron chi connectivity index (χ2n) is 4.03. The lowest BCUT2D eigenvalue weighted by atomic mass is 10.1. The molecule has 0 bridgehead atoms. The molecule has 1 unspecified atom stereocenters. The molecule has 0 aliphatic carbocycles. The first-order valence-corrected chi connectivity index (χ1v) is 5.85. The average Bonchev–Trinajstić information content (AvgIpc) is 2.33. The molecule has 2 rings (SSSR count). The highest BCUT2D eigenvalue weighted by atomic mass is 35.5. The summed E-state index contributed by atoms with van der Waals surface area (Å²) in [7, 11) is 1.50. The second-order valence-corrected chi connectivity index (χ2v) is 4.47. The summed E-state index contributed by atoms with van der Waals surface area (Å²) in [6.07, 6.45) is 0. The Bertz CT molecular complexity index is 504. The summed E-state index contributed by atoms with van der Waals surface area (Å²) in [4.78, 5) is 25.0. The first-order chi connectivity index (χ1) is 8.52. The summed E-state index contributed by atoms with van der Waals surface area (Å²) < 4.78 is 5.19. The van der Waals surface area contributed by atoms with Crippen LogP contribution in [0.4, 0.5) is 5.69 Å². The first-order valence-electron chi connectivity index (χ1n) is 5.47. The molecule has 1 fully saturated rings. The molecular weight excluding hydrogens is 256 g/mol. The summed E-state index contributed by atoms with van der Waals surface area (Å²) in [5.41, 5.74) is 0.511. The van der Waals surface area contributed by atoms with E-state index in [2.05, 4.69) is 5.32 Å². The van der Waals surface area contributed by atoms with Gasteiger partial charge in [0, 0.05) is 5.02 Å². The van der Waals surface area contributed by atoms with Crippen molar-refractivity contribution in [3.63, 3.8) is 0 Å². The molecule has 1 saturated heterocycles. The van der Waals surface area contributed by atoms with Crippen molar-refractivity contribution < 1.29 is 14.3 Å². The fourth-order valence-corrected chi connectivity index (χ4v) is 2.05. The Balaban J connectivity index is 2.43. The van der Waals surface area contributed by atoms with E-state index in [0.29, 0.717) is 16.5 Å². The minimum absolute atomic E-state index is 0.0279. The van der Waals surface area contributed by atoms with Gasteiger partial charge >= 0.3 is 0 Å². The number of hydrogen-bond acceptors (Lipinski definition) is 3. The van der Waals surface area contributed by atoms with Crippen molar-refractivity contribution in [1.29, 1.82) is 0 Å². The number of rotatable bonds is 2. The lowest BCUT2D eigenvalue weighted by Crippen LogP contribution is -2.57. The van der Waals surface area contributed by atoms with Crippen molar-refractivity contribution in [2.75, 3.05) is 18.6 Å². The number of nitrogens with zero attached hydrogens (tertiary/aromatic N) is 1. The molecule has 1 N–H and O–H groups in total. The van der Waals surface area contributed by atoms with E-state index in [9.17, 15) is 9.59 Å². The van der Waals surface area contributed by atoms with E-state index in [4.69, 9.17) is 16.3 Å². The Morgan fingerprint density at radius 1 is 1.44 bits per heavy atom. The van der Waals surface area contributed by atoms with Gasteiger partial charge in [-0.3, -0.25) is 14.5 Å². The molecule has 1 aliphatic rings. The highest BCUT2D eigenvalue weighted by molar-refractivity contribution is 6.31. The Kier molecular flexibility index (Phi) is 3.43. The molecule has 1 atom stereocenters. The van der Waals surface area contributed by atoms with E-state index in [-0.39, 0.29) is 18.4 Å². The third-order valence-corrected chi connectivity index (χ3v) is 2.98. The number of ether oxygens (including phenoxy) is 1. The van der Waals surface area contributed by atoms with E-state index in [1.807, 2.05) is 0 Å². The molecule has 1 aliphatic heterocycles. The van der Waals surface area contributed by atoms with Crippen LogP contribution in [0.2, 0.25) is 5.02 Å². The number of nitrogens with one attached hydrogen (secondary N) is 1. The summed E-state index contributed by atoms with van der Waals surface area (Å²) in [6, 6.07) is 4.41. The normalized spacial score (nSPS) is 19.7. The fourth-order valence-electron chi connectivity index (χ4n) is 1.88. The minimum atomic E-state index is -0.546. The van der Waals surface area contributed by atoms with Gasteiger partial charge < -0.3 is 10.1 Å². The van der Waals surface area contributed by atoms with Gasteiger partial charge in [-0.15, -0.1) is 0 Å². The first kappa shape index (κ1) is 12.7. The number of carbonyl (C=O) groups is 2. The maximum atomic E-state index is 12.1. The molecular formula is C12H13ClN2O3. The Labute approximate surface area is 110 Å². The highest BCUT2D eigenvalue weighted by Crippen LogP contribution is 2.32. The zero-order chi connectivity index (χ0) is 13.3. The van der Waals surface area contributed by atoms with Crippen molar-refractivity contribution in [3.8, 4) is 5.75 Å².